The van der Waals surface area contributed by atoms with Gasteiger partial charge in [0.05, 0.1) is 18.1 Å². The first kappa shape index (κ1) is 16.6. The molecule has 0 bridgehead atoms. The van der Waals surface area contributed by atoms with Crippen LogP contribution in [0.3, 0.4) is 0 Å². The minimum Gasteiger partial charge on any atom is -0.497 e. The second-order valence-corrected chi connectivity index (χ2v) is 6.45. The second kappa shape index (κ2) is 6.80. The smallest absolute Gasteiger partial charge is 0.232 e. The molecule has 0 unspecified atom stereocenters. The number of amides is 1. The normalized spacial score (nSPS) is 16.9. The van der Waals surface area contributed by atoms with E-state index in [1.54, 1.807) is 18.1 Å². The Hall–Kier alpha value is -2.86. The van der Waals surface area contributed by atoms with E-state index in [4.69, 9.17) is 20.9 Å². The van der Waals surface area contributed by atoms with Crippen LogP contribution in [0, 0.1) is 0 Å². The minimum absolute atomic E-state index is 0.0256. The summed E-state index contributed by atoms with van der Waals surface area (Å²) < 4.78 is 10.6. The molecule has 1 saturated heterocycles. The molecule has 0 saturated carbocycles. The zero-order chi connectivity index (χ0) is 18.1. The molecule has 1 aliphatic heterocycles. The highest BCUT2D eigenvalue weighted by molar-refractivity contribution is 6.33. The topological polar surface area (TPSA) is 68.5 Å². The lowest BCUT2D eigenvalue weighted by molar-refractivity contribution is -0.117. The number of nitrogens with zero attached hydrogens (tertiary/aromatic N) is 3. The van der Waals surface area contributed by atoms with Crippen molar-refractivity contribution >= 4 is 23.2 Å². The van der Waals surface area contributed by atoms with Gasteiger partial charge >= 0.3 is 0 Å². The van der Waals surface area contributed by atoms with Gasteiger partial charge in [0.1, 0.15) is 5.75 Å². The van der Waals surface area contributed by atoms with Crippen molar-refractivity contribution in [3.63, 3.8) is 0 Å². The van der Waals surface area contributed by atoms with Crippen LogP contribution in [0.2, 0.25) is 5.02 Å². The molecular weight excluding hydrogens is 354 g/mol. The first-order chi connectivity index (χ1) is 12.7. The molecule has 0 spiro atoms. The molecule has 0 radical (unpaired) electrons. The summed E-state index contributed by atoms with van der Waals surface area (Å²) in [6.07, 6.45) is 0.330. The number of aromatic nitrogens is 2. The van der Waals surface area contributed by atoms with Crippen molar-refractivity contribution in [2.24, 2.45) is 0 Å². The van der Waals surface area contributed by atoms with E-state index in [2.05, 4.69) is 10.1 Å². The van der Waals surface area contributed by atoms with Crippen molar-refractivity contribution in [1.29, 1.82) is 0 Å². The van der Waals surface area contributed by atoms with E-state index >= 15 is 0 Å². The Bertz CT molecular complexity index is 939. The zero-order valence-electron chi connectivity index (χ0n) is 14.1. The summed E-state index contributed by atoms with van der Waals surface area (Å²) >= 11 is 6.18. The van der Waals surface area contributed by atoms with E-state index in [0.29, 0.717) is 35.3 Å². The van der Waals surface area contributed by atoms with Gasteiger partial charge in [-0.25, -0.2) is 0 Å². The van der Waals surface area contributed by atoms with Crippen LogP contribution in [0.5, 0.6) is 5.75 Å². The molecule has 26 heavy (non-hydrogen) atoms. The van der Waals surface area contributed by atoms with Gasteiger partial charge in [-0.05, 0) is 36.4 Å². The van der Waals surface area contributed by atoms with Crippen LogP contribution >= 0.6 is 11.6 Å². The van der Waals surface area contributed by atoms with Gasteiger partial charge in [0.2, 0.25) is 17.6 Å². The maximum Gasteiger partial charge on any atom is 0.232 e. The van der Waals surface area contributed by atoms with E-state index < -0.39 is 0 Å². The fourth-order valence-corrected chi connectivity index (χ4v) is 3.26. The van der Waals surface area contributed by atoms with Gasteiger partial charge in [0, 0.05) is 24.2 Å². The Morgan fingerprint density at radius 1 is 1.19 bits per heavy atom. The Kier molecular flexibility index (Phi) is 4.34. The van der Waals surface area contributed by atoms with Crippen LogP contribution in [-0.4, -0.2) is 29.7 Å². The summed E-state index contributed by atoms with van der Waals surface area (Å²) in [4.78, 5) is 18.6. The van der Waals surface area contributed by atoms with Crippen molar-refractivity contribution in [3.05, 3.63) is 59.4 Å². The minimum atomic E-state index is -0.145. The third-order valence-electron chi connectivity index (χ3n) is 4.41. The molecule has 6 nitrogen and oxygen atoms in total. The number of halogens is 1. The van der Waals surface area contributed by atoms with Gasteiger partial charge in [-0.15, -0.1) is 0 Å². The predicted octanol–water partition coefficient (Wildman–Crippen LogP) is 3.92. The summed E-state index contributed by atoms with van der Waals surface area (Å²) in [6, 6.07) is 14.7. The standard InChI is InChI=1S/C19H16ClN3O3/c1-25-14-8-6-13(7-9-14)23-11-12(10-17(23)24)19-21-18(22-26-19)15-4-2-3-5-16(15)20/h2-9,12H,10-11H2,1H3/t12-/m1/s1. The Morgan fingerprint density at radius 2 is 1.96 bits per heavy atom. The van der Waals surface area contributed by atoms with Gasteiger partial charge in [-0.1, -0.05) is 28.9 Å². The van der Waals surface area contributed by atoms with Crippen LogP contribution in [0.1, 0.15) is 18.2 Å². The van der Waals surface area contributed by atoms with E-state index in [9.17, 15) is 4.79 Å². The summed E-state index contributed by atoms with van der Waals surface area (Å²) in [6.45, 7) is 0.495. The average molecular weight is 370 g/mol. The maximum atomic E-state index is 12.4. The number of carbonyl (C=O) groups is 1. The van der Waals surface area contributed by atoms with Crippen molar-refractivity contribution in [1.82, 2.24) is 10.1 Å². The fraction of sp³-hybridized carbons (Fsp3) is 0.211. The first-order valence-electron chi connectivity index (χ1n) is 8.18. The molecule has 7 heteroatoms. The molecular formula is C19H16ClN3O3. The molecule has 1 aliphatic rings. The summed E-state index contributed by atoms with van der Waals surface area (Å²) in [5, 5.41) is 4.58. The molecule has 0 N–H and O–H groups in total. The van der Waals surface area contributed by atoms with Gasteiger partial charge < -0.3 is 14.2 Å². The van der Waals surface area contributed by atoms with E-state index in [1.165, 1.54) is 0 Å². The highest BCUT2D eigenvalue weighted by Gasteiger charge is 2.35. The SMILES string of the molecule is COc1ccc(N2C[C@H](c3nc(-c4ccccc4Cl)no3)CC2=O)cc1. The molecule has 1 amide bonds. The van der Waals surface area contributed by atoms with Gasteiger partial charge in [0.25, 0.3) is 0 Å². The zero-order valence-corrected chi connectivity index (χ0v) is 14.8. The Labute approximate surface area is 155 Å². The van der Waals surface area contributed by atoms with Crippen molar-refractivity contribution in [3.8, 4) is 17.1 Å². The Morgan fingerprint density at radius 3 is 2.69 bits per heavy atom. The van der Waals surface area contributed by atoms with Crippen molar-refractivity contribution in [2.45, 2.75) is 12.3 Å². The third-order valence-corrected chi connectivity index (χ3v) is 4.74. The predicted molar refractivity (Wildman–Crippen MR) is 97.4 cm³/mol. The molecule has 1 atom stereocenters. The summed E-state index contributed by atoms with van der Waals surface area (Å²) in [5.41, 5.74) is 1.53. The number of hydrogen-bond acceptors (Lipinski definition) is 5. The Balaban J connectivity index is 1.55. The van der Waals surface area contributed by atoms with E-state index in [1.807, 2.05) is 42.5 Å². The molecule has 2 heterocycles. The number of carbonyl (C=O) groups excluding carboxylic acids is 1. The average Bonchev–Trinajstić information content (AvgIpc) is 3.29. The monoisotopic (exact) mass is 369 g/mol. The number of ether oxygens (including phenoxy) is 1. The summed E-state index contributed by atoms with van der Waals surface area (Å²) in [7, 11) is 1.61. The fourth-order valence-electron chi connectivity index (χ4n) is 3.04. The molecule has 1 fully saturated rings. The van der Waals surface area contributed by atoms with Crippen LogP contribution in [0.15, 0.2) is 53.1 Å². The first-order valence-corrected chi connectivity index (χ1v) is 8.56. The third kappa shape index (κ3) is 3.04. The molecule has 4 rings (SSSR count). The highest BCUT2D eigenvalue weighted by atomic mass is 35.5. The number of rotatable bonds is 4. The van der Waals surface area contributed by atoms with Crippen molar-refractivity contribution < 1.29 is 14.1 Å². The molecule has 132 valence electrons. The summed E-state index contributed by atoms with van der Waals surface area (Å²) in [5.74, 6) is 1.51. The number of benzene rings is 2. The number of anilines is 1. The van der Waals surface area contributed by atoms with Crippen LogP contribution in [-0.2, 0) is 4.79 Å². The van der Waals surface area contributed by atoms with Crippen LogP contribution in [0.4, 0.5) is 5.69 Å². The number of hydrogen-bond donors (Lipinski definition) is 0. The molecule has 2 aromatic carbocycles. The molecule has 1 aromatic heterocycles. The van der Waals surface area contributed by atoms with Crippen molar-refractivity contribution in [2.75, 3.05) is 18.6 Å². The molecule has 0 aliphatic carbocycles. The van der Waals surface area contributed by atoms with Gasteiger partial charge in [-0.2, -0.15) is 4.98 Å². The second-order valence-electron chi connectivity index (χ2n) is 6.04. The lowest BCUT2D eigenvalue weighted by Crippen LogP contribution is -2.24. The van der Waals surface area contributed by atoms with E-state index in [0.717, 1.165) is 11.4 Å². The highest BCUT2D eigenvalue weighted by Crippen LogP contribution is 2.33. The molecule has 3 aromatic rings. The quantitative estimate of drug-likeness (QED) is 0.697. The lowest BCUT2D eigenvalue weighted by Gasteiger charge is -2.16. The maximum absolute atomic E-state index is 12.4. The largest absolute Gasteiger partial charge is 0.497 e. The van der Waals surface area contributed by atoms with Gasteiger partial charge in [-0.3, -0.25) is 4.79 Å². The van der Waals surface area contributed by atoms with Crippen LogP contribution < -0.4 is 9.64 Å². The van der Waals surface area contributed by atoms with Crippen LogP contribution in [0.25, 0.3) is 11.4 Å². The lowest BCUT2D eigenvalue weighted by atomic mass is 10.1. The number of methoxy groups -OCH3 is 1. The van der Waals surface area contributed by atoms with E-state index in [-0.39, 0.29) is 11.8 Å². The van der Waals surface area contributed by atoms with Gasteiger partial charge in [0.15, 0.2) is 0 Å².